The van der Waals surface area contributed by atoms with E-state index in [1.807, 2.05) is 51.1 Å². The normalized spacial score (nSPS) is 28.6. The van der Waals surface area contributed by atoms with Crippen molar-refractivity contribution in [1.82, 2.24) is 0 Å². The molecule has 0 saturated heterocycles. The van der Waals surface area contributed by atoms with Crippen LogP contribution in [-0.4, -0.2) is 23.8 Å². The van der Waals surface area contributed by atoms with Gasteiger partial charge in [-0.3, -0.25) is 4.79 Å². The molecule has 0 spiro atoms. The topological polar surface area (TPSA) is 46.5 Å². The average Bonchev–Trinajstić information content (AvgIpc) is 3.14. The number of ether oxygens (including phenoxy) is 1. The number of hydrogen-bond donors (Lipinski definition) is 1. The quantitative estimate of drug-likeness (QED) is 0.863. The molecule has 1 aromatic carbocycles. The molecular weight excluding hydrogens is 252 g/mol. The van der Waals surface area contributed by atoms with Gasteiger partial charge in [0.25, 0.3) is 0 Å². The molecule has 0 aromatic heterocycles. The minimum Gasteiger partial charge on any atom is -0.468 e. The van der Waals surface area contributed by atoms with Crippen LogP contribution in [0.5, 0.6) is 0 Å². The number of methoxy groups -OCH3 is 1. The molecule has 0 bridgehead atoms. The molecule has 3 atom stereocenters. The van der Waals surface area contributed by atoms with E-state index in [4.69, 9.17) is 4.74 Å². The standard InChI is InChI=1S/C17H24O3/c1-15(2,3)16(4,19)17(14(18)20-5)11-13(17)12-9-7-6-8-10-12/h6-10,13,19H,11H2,1-5H3/t13-,16+,17+/m1/s1. The highest BCUT2D eigenvalue weighted by atomic mass is 16.5. The van der Waals surface area contributed by atoms with Crippen molar-refractivity contribution in [3.8, 4) is 0 Å². The summed E-state index contributed by atoms with van der Waals surface area (Å²) in [5.74, 6) is -0.295. The highest BCUT2D eigenvalue weighted by Gasteiger charge is 2.73. The molecule has 0 heterocycles. The molecule has 1 aliphatic carbocycles. The van der Waals surface area contributed by atoms with Crippen LogP contribution in [0.25, 0.3) is 0 Å². The second kappa shape index (κ2) is 4.59. The first-order chi connectivity index (χ1) is 9.18. The lowest BCUT2D eigenvalue weighted by atomic mass is 9.66. The predicted octanol–water partition coefficient (Wildman–Crippen LogP) is 3.13. The van der Waals surface area contributed by atoms with Crippen molar-refractivity contribution in [2.75, 3.05) is 7.11 Å². The zero-order valence-electron chi connectivity index (χ0n) is 12.9. The van der Waals surface area contributed by atoms with Gasteiger partial charge in [-0.1, -0.05) is 51.1 Å². The second-order valence-corrected chi connectivity index (χ2v) is 6.95. The van der Waals surface area contributed by atoms with Crippen LogP contribution in [0.4, 0.5) is 0 Å². The molecule has 1 saturated carbocycles. The van der Waals surface area contributed by atoms with Gasteiger partial charge in [0.1, 0.15) is 5.41 Å². The van der Waals surface area contributed by atoms with Crippen LogP contribution in [0.2, 0.25) is 0 Å². The van der Waals surface area contributed by atoms with Gasteiger partial charge < -0.3 is 9.84 Å². The van der Waals surface area contributed by atoms with E-state index >= 15 is 0 Å². The van der Waals surface area contributed by atoms with Gasteiger partial charge in [0, 0.05) is 5.92 Å². The van der Waals surface area contributed by atoms with Gasteiger partial charge in [0.05, 0.1) is 12.7 Å². The summed E-state index contributed by atoms with van der Waals surface area (Å²) in [6.45, 7) is 7.63. The van der Waals surface area contributed by atoms with Crippen LogP contribution in [0, 0.1) is 10.8 Å². The predicted molar refractivity (Wildman–Crippen MR) is 78.3 cm³/mol. The fourth-order valence-corrected chi connectivity index (χ4v) is 3.16. The molecule has 0 aliphatic heterocycles. The van der Waals surface area contributed by atoms with E-state index in [9.17, 15) is 9.90 Å². The first-order valence-corrected chi connectivity index (χ1v) is 7.04. The second-order valence-electron chi connectivity index (χ2n) is 6.95. The van der Waals surface area contributed by atoms with E-state index in [0.717, 1.165) is 5.56 Å². The van der Waals surface area contributed by atoms with Crippen molar-refractivity contribution in [2.24, 2.45) is 10.8 Å². The Morgan fingerprint density at radius 2 is 1.80 bits per heavy atom. The average molecular weight is 276 g/mol. The molecule has 0 amide bonds. The summed E-state index contributed by atoms with van der Waals surface area (Å²) >= 11 is 0. The fourth-order valence-electron chi connectivity index (χ4n) is 3.16. The van der Waals surface area contributed by atoms with Crippen molar-refractivity contribution >= 4 is 5.97 Å². The number of esters is 1. The van der Waals surface area contributed by atoms with E-state index in [0.29, 0.717) is 6.42 Å². The lowest BCUT2D eigenvalue weighted by Crippen LogP contribution is -2.52. The van der Waals surface area contributed by atoms with Gasteiger partial charge in [-0.25, -0.2) is 0 Å². The lowest BCUT2D eigenvalue weighted by molar-refractivity contribution is -0.170. The maximum absolute atomic E-state index is 12.4. The maximum Gasteiger partial charge on any atom is 0.315 e. The summed E-state index contributed by atoms with van der Waals surface area (Å²) in [7, 11) is 1.39. The Bertz CT molecular complexity index is 499. The third-order valence-electron chi connectivity index (χ3n) is 5.04. The van der Waals surface area contributed by atoms with Gasteiger partial charge in [-0.05, 0) is 24.3 Å². The van der Waals surface area contributed by atoms with E-state index in [1.54, 1.807) is 6.92 Å². The Morgan fingerprint density at radius 1 is 1.25 bits per heavy atom. The number of hydrogen-bond acceptors (Lipinski definition) is 3. The van der Waals surface area contributed by atoms with E-state index in [-0.39, 0.29) is 11.9 Å². The maximum atomic E-state index is 12.4. The molecular formula is C17H24O3. The van der Waals surface area contributed by atoms with Crippen molar-refractivity contribution in [2.45, 2.75) is 45.6 Å². The van der Waals surface area contributed by atoms with Crippen molar-refractivity contribution in [1.29, 1.82) is 0 Å². The summed E-state index contributed by atoms with van der Waals surface area (Å²) in [5, 5.41) is 11.1. The highest BCUT2D eigenvalue weighted by Crippen LogP contribution is 2.68. The number of carbonyl (C=O) groups is 1. The summed E-state index contributed by atoms with van der Waals surface area (Å²) in [5.41, 5.74) is -1.30. The molecule has 1 aromatic rings. The van der Waals surface area contributed by atoms with E-state index in [2.05, 4.69) is 0 Å². The number of aliphatic hydroxyl groups is 1. The highest BCUT2D eigenvalue weighted by molar-refractivity contribution is 5.84. The van der Waals surface area contributed by atoms with Crippen molar-refractivity contribution in [3.05, 3.63) is 35.9 Å². The first kappa shape index (κ1) is 15.0. The third kappa shape index (κ3) is 1.96. The SMILES string of the molecule is COC(=O)[C@]1([C@@](C)(O)C(C)(C)C)C[C@@H]1c1ccccc1. The number of rotatable bonds is 3. The molecule has 1 N–H and O–H groups in total. The van der Waals surface area contributed by atoms with E-state index < -0.39 is 16.4 Å². The van der Waals surface area contributed by atoms with Gasteiger partial charge in [-0.2, -0.15) is 0 Å². The fraction of sp³-hybridized carbons (Fsp3) is 0.588. The smallest absolute Gasteiger partial charge is 0.315 e. The Balaban J connectivity index is 2.45. The van der Waals surface area contributed by atoms with E-state index in [1.165, 1.54) is 7.11 Å². The van der Waals surface area contributed by atoms with Crippen LogP contribution in [-0.2, 0) is 9.53 Å². The Kier molecular flexibility index (Phi) is 3.45. The van der Waals surface area contributed by atoms with Crippen LogP contribution < -0.4 is 0 Å². The summed E-state index contributed by atoms with van der Waals surface area (Å²) in [6.07, 6.45) is 0.633. The Labute approximate surface area is 121 Å². The third-order valence-corrected chi connectivity index (χ3v) is 5.04. The molecule has 1 aliphatic rings. The van der Waals surface area contributed by atoms with Crippen LogP contribution in [0.1, 0.15) is 45.6 Å². The van der Waals surface area contributed by atoms with Gasteiger partial charge >= 0.3 is 5.97 Å². The zero-order valence-corrected chi connectivity index (χ0v) is 12.9. The lowest BCUT2D eigenvalue weighted by Gasteiger charge is -2.43. The summed E-state index contributed by atoms with van der Waals surface area (Å²) in [4.78, 5) is 12.4. The molecule has 3 nitrogen and oxygen atoms in total. The molecule has 3 heteroatoms. The monoisotopic (exact) mass is 276 g/mol. The summed E-state index contributed by atoms with van der Waals surface area (Å²) < 4.78 is 5.01. The molecule has 0 radical (unpaired) electrons. The van der Waals surface area contributed by atoms with Crippen molar-refractivity contribution < 1.29 is 14.6 Å². The van der Waals surface area contributed by atoms with Crippen LogP contribution >= 0.6 is 0 Å². The number of benzene rings is 1. The van der Waals surface area contributed by atoms with Crippen LogP contribution in [0.15, 0.2) is 30.3 Å². The molecule has 2 rings (SSSR count). The van der Waals surface area contributed by atoms with Crippen LogP contribution in [0.3, 0.4) is 0 Å². The minimum atomic E-state index is -1.13. The van der Waals surface area contributed by atoms with Crippen molar-refractivity contribution in [3.63, 3.8) is 0 Å². The Hall–Kier alpha value is -1.35. The molecule has 20 heavy (non-hydrogen) atoms. The minimum absolute atomic E-state index is 0.0189. The summed E-state index contributed by atoms with van der Waals surface area (Å²) in [6, 6.07) is 9.89. The largest absolute Gasteiger partial charge is 0.468 e. The van der Waals surface area contributed by atoms with Gasteiger partial charge in [-0.15, -0.1) is 0 Å². The Morgan fingerprint density at radius 3 is 2.25 bits per heavy atom. The van der Waals surface area contributed by atoms with Gasteiger partial charge in [0.2, 0.25) is 0 Å². The first-order valence-electron chi connectivity index (χ1n) is 7.04. The molecule has 1 fully saturated rings. The zero-order chi connectivity index (χ0) is 15.2. The number of carbonyl (C=O) groups excluding carboxylic acids is 1. The molecule has 0 unspecified atom stereocenters. The molecule has 110 valence electrons. The van der Waals surface area contributed by atoms with Gasteiger partial charge in [0.15, 0.2) is 0 Å².